The Hall–Kier alpha value is -2.46. The van der Waals surface area contributed by atoms with E-state index in [0.29, 0.717) is 31.1 Å². The Kier molecular flexibility index (Phi) is 3.77. The molecule has 0 aromatic carbocycles. The molecule has 3 heterocycles. The average Bonchev–Trinajstić information content (AvgIpc) is 2.96. The van der Waals surface area contributed by atoms with E-state index < -0.39 is 0 Å². The average molecular weight is 298 g/mol. The molecule has 1 unspecified atom stereocenters. The monoisotopic (exact) mass is 298 g/mol. The Balaban J connectivity index is 1.90. The lowest BCUT2D eigenvalue weighted by atomic mass is 10.1. The number of hydrogen-bond acceptors (Lipinski definition) is 6. The molecule has 1 fully saturated rings. The third kappa shape index (κ3) is 2.53. The van der Waals surface area contributed by atoms with Crippen LogP contribution in [0.3, 0.4) is 0 Å². The van der Waals surface area contributed by atoms with Crippen LogP contribution in [0, 0.1) is 25.2 Å². The van der Waals surface area contributed by atoms with Crippen LogP contribution in [0.2, 0.25) is 0 Å². The smallest absolute Gasteiger partial charge is 0.169 e. The molecule has 0 bridgehead atoms. The molecular formula is C15H18N6O. The fraction of sp³-hybridized carbons (Fsp3) is 0.467. The van der Waals surface area contributed by atoms with Crippen LogP contribution in [0.25, 0.3) is 0 Å². The van der Waals surface area contributed by atoms with E-state index in [2.05, 4.69) is 26.3 Å². The van der Waals surface area contributed by atoms with Gasteiger partial charge in [0.15, 0.2) is 5.82 Å². The van der Waals surface area contributed by atoms with E-state index in [1.807, 2.05) is 33.3 Å². The van der Waals surface area contributed by atoms with E-state index in [1.54, 1.807) is 4.68 Å². The van der Waals surface area contributed by atoms with Crippen LogP contribution in [0.15, 0.2) is 12.4 Å². The maximum Gasteiger partial charge on any atom is 0.169 e. The van der Waals surface area contributed by atoms with Crippen LogP contribution in [0.5, 0.6) is 0 Å². The summed E-state index contributed by atoms with van der Waals surface area (Å²) in [7, 11) is 1.88. The van der Waals surface area contributed by atoms with E-state index in [-0.39, 0.29) is 6.10 Å². The lowest BCUT2D eigenvalue weighted by Crippen LogP contribution is -2.39. The van der Waals surface area contributed by atoms with Crippen molar-refractivity contribution in [2.24, 2.45) is 7.05 Å². The second kappa shape index (κ2) is 5.73. The van der Waals surface area contributed by atoms with E-state index >= 15 is 0 Å². The molecule has 1 atom stereocenters. The second-order valence-electron chi connectivity index (χ2n) is 5.47. The lowest BCUT2D eigenvalue weighted by Gasteiger charge is -2.33. The number of hydrogen-bond donors (Lipinski definition) is 0. The molecule has 2 aromatic rings. The maximum atomic E-state index is 9.45. The van der Waals surface area contributed by atoms with Gasteiger partial charge in [-0.1, -0.05) is 0 Å². The molecule has 0 saturated carbocycles. The number of ether oxygens (including phenoxy) is 1. The highest BCUT2D eigenvalue weighted by molar-refractivity contribution is 5.57. The standard InChI is InChI=1S/C15H18N6O/c1-10-11(2)18-19-15(13(10)6-16)21-4-5-22-14(9-21)12-7-17-20(3)8-12/h7-8,14H,4-5,9H2,1-3H3. The largest absolute Gasteiger partial charge is 0.370 e. The van der Waals surface area contributed by atoms with E-state index in [4.69, 9.17) is 4.74 Å². The van der Waals surface area contributed by atoms with Crippen molar-refractivity contribution >= 4 is 5.82 Å². The van der Waals surface area contributed by atoms with Crippen LogP contribution >= 0.6 is 0 Å². The van der Waals surface area contributed by atoms with Gasteiger partial charge in [-0.25, -0.2) is 0 Å². The van der Waals surface area contributed by atoms with E-state index in [9.17, 15) is 5.26 Å². The molecule has 3 rings (SSSR count). The molecule has 1 aliphatic heterocycles. The van der Waals surface area contributed by atoms with Gasteiger partial charge in [-0.3, -0.25) is 4.68 Å². The molecule has 22 heavy (non-hydrogen) atoms. The summed E-state index contributed by atoms with van der Waals surface area (Å²) < 4.78 is 7.59. The third-order valence-corrected chi connectivity index (χ3v) is 4.01. The third-order valence-electron chi connectivity index (χ3n) is 4.01. The molecular weight excluding hydrogens is 280 g/mol. The van der Waals surface area contributed by atoms with Crippen molar-refractivity contribution in [3.8, 4) is 6.07 Å². The first kappa shape index (κ1) is 14.5. The number of anilines is 1. The molecule has 0 aliphatic carbocycles. The zero-order valence-electron chi connectivity index (χ0n) is 12.9. The Morgan fingerprint density at radius 1 is 1.36 bits per heavy atom. The zero-order valence-corrected chi connectivity index (χ0v) is 12.9. The number of rotatable bonds is 2. The fourth-order valence-corrected chi connectivity index (χ4v) is 2.60. The predicted octanol–water partition coefficient (Wildman–Crippen LogP) is 1.28. The van der Waals surface area contributed by atoms with Crippen LogP contribution < -0.4 is 4.90 Å². The number of morpholine rings is 1. The topological polar surface area (TPSA) is 79.9 Å². The molecule has 0 amide bonds. The highest BCUT2D eigenvalue weighted by Gasteiger charge is 2.26. The van der Waals surface area contributed by atoms with Gasteiger partial charge >= 0.3 is 0 Å². The maximum absolute atomic E-state index is 9.45. The van der Waals surface area contributed by atoms with Crippen molar-refractivity contribution in [2.45, 2.75) is 20.0 Å². The van der Waals surface area contributed by atoms with E-state index in [1.165, 1.54) is 0 Å². The first-order valence-corrected chi connectivity index (χ1v) is 7.19. The summed E-state index contributed by atoms with van der Waals surface area (Å²) in [5.74, 6) is 0.641. The lowest BCUT2D eigenvalue weighted by molar-refractivity contribution is 0.0394. The van der Waals surface area contributed by atoms with Crippen molar-refractivity contribution in [1.82, 2.24) is 20.0 Å². The van der Waals surface area contributed by atoms with Gasteiger partial charge in [-0.05, 0) is 19.4 Å². The minimum Gasteiger partial charge on any atom is -0.370 e. The summed E-state index contributed by atoms with van der Waals surface area (Å²) in [6.07, 6.45) is 3.69. The summed E-state index contributed by atoms with van der Waals surface area (Å²) >= 11 is 0. The molecule has 1 saturated heterocycles. The Morgan fingerprint density at radius 2 is 2.18 bits per heavy atom. The summed E-state index contributed by atoms with van der Waals surface area (Å²) in [6, 6.07) is 2.26. The molecule has 114 valence electrons. The van der Waals surface area contributed by atoms with Gasteiger partial charge < -0.3 is 9.64 Å². The number of aryl methyl sites for hydroxylation is 2. The van der Waals surface area contributed by atoms with Crippen molar-refractivity contribution < 1.29 is 4.74 Å². The molecule has 7 heteroatoms. The molecule has 2 aromatic heterocycles. The van der Waals surface area contributed by atoms with Crippen LogP contribution in [-0.2, 0) is 11.8 Å². The zero-order chi connectivity index (χ0) is 15.7. The van der Waals surface area contributed by atoms with E-state index in [0.717, 1.165) is 16.8 Å². The van der Waals surface area contributed by atoms with Gasteiger partial charge in [0, 0.05) is 25.4 Å². The second-order valence-corrected chi connectivity index (χ2v) is 5.47. The van der Waals surface area contributed by atoms with Gasteiger partial charge in [0.2, 0.25) is 0 Å². The van der Waals surface area contributed by atoms with Gasteiger partial charge in [-0.15, -0.1) is 5.10 Å². The fourth-order valence-electron chi connectivity index (χ4n) is 2.60. The van der Waals surface area contributed by atoms with Crippen LogP contribution in [-0.4, -0.2) is 39.7 Å². The van der Waals surface area contributed by atoms with Crippen molar-refractivity contribution in [3.63, 3.8) is 0 Å². The Bertz CT molecular complexity index is 732. The van der Waals surface area contributed by atoms with Crippen molar-refractivity contribution in [3.05, 3.63) is 34.8 Å². The SMILES string of the molecule is Cc1nnc(N2CCOC(c3cnn(C)c3)C2)c(C#N)c1C. The van der Waals surface area contributed by atoms with Crippen LogP contribution in [0.4, 0.5) is 5.82 Å². The summed E-state index contributed by atoms with van der Waals surface area (Å²) in [5, 5.41) is 22.0. The Morgan fingerprint density at radius 3 is 2.86 bits per heavy atom. The molecule has 0 spiro atoms. The Labute approximate surface area is 129 Å². The number of nitriles is 1. The summed E-state index contributed by atoms with van der Waals surface area (Å²) in [4.78, 5) is 2.07. The normalized spacial score (nSPS) is 18.3. The minimum atomic E-state index is -0.0718. The number of aromatic nitrogens is 4. The van der Waals surface area contributed by atoms with Gasteiger partial charge in [0.25, 0.3) is 0 Å². The number of nitrogens with zero attached hydrogens (tertiary/aromatic N) is 6. The quantitative estimate of drug-likeness (QED) is 0.831. The first-order valence-electron chi connectivity index (χ1n) is 7.19. The highest BCUT2D eigenvalue weighted by Crippen LogP contribution is 2.27. The molecule has 1 aliphatic rings. The molecule has 7 nitrogen and oxygen atoms in total. The van der Waals surface area contributed by atoms with Crippen LogP contribution in [0.1, 0.15) is 28.5 Å². The first-order chi connectivity index (χ1) is 10.6. The minimum absolute atomic E-state index is 0.0718. The molecule has 0 N–H and O–H groups in total. The van der Waals surface area contributed by atoms with Crippen molar-refractivity contribution in [1.29, 1.82) is 5.26 Å². The summed E-state index contributed by atoms with van der Waals surface area (Å²) in [6.45, 7) is 5.69. The van der Waals surface area contributed by atoms with Gasteiger partial charge in [0.05, 0.1) is 25.0 Å². The predicted molar refractivity (Wildman–Crippen MR) is 80.3 cm³/mol. The summed E-state index contributed by atoms with van der Waals surface area (Å²) in [5.41, 5.74) is 3.30. The highest BCUT2D eigenvalue weighted by atomic mass is 16.5. The molecule has 0 radical (unpaired) electrons. The van der Waals surface area contributed by atoms with Gasteiger partial charge in [0.1, 0.15) is 17.7 Å². The van der Waals surface area contributed by atoms with Crippen molar-refractivity contribution in [2.75, 3.05) is 24.6 Å². The van der Waals surface area contributed by atoms with Gasteiger partial charge in [-0.2, -0.15) is 15.5 Å².